The van der Waals surface area contributed by atoms with Gasteiger partial charge < -0.3 is 10.9 Å². The Balaban J connectivity index is 3.09. The van der Waals surface area contributed by atoms with Crippen LogP contribution in [0, 0.1) is 0 Å². The largest absolute Gasteiger partial charge is 0.409 e. The van der Waals surface area contributed by atoms with Crippen molar-refractivity contribution >= 4 is 33.3 Å². The lowest BCUT2D eigenvalue weighted by Crippen LogP contribution is -2.30. The first-order valence-electron chi connectivity index (χ1n) is 4.94. The molecule has 0 saturated heterocycles. The van der Waals surface area contributed by atoms with Crippen molar-refractivity contribution in [3.63, 3.8) is 0 Å². The van der Waals surface area contributed by atoms with E-state index in [-0.39, 0.29) is 23.1 Å². The maximum Gasteiger partial charge on any atom is 0.299 e. The third kappa shape index (κ3) is 3.76. The molecule has 18 heavy (non-hydrogen) atoms. The Morgan fingerprint density at radius 1 is 1.56 bits per heavy atom. The van der Waals surface area contributed by atoms with Crippen LogP contribution >= 0.6 is 11.6 Å². The summed E-state index contributed by atoms with van der Waals surface area (Å²) in [6.45, 7) is 1.89. The van der Waals surface area contributed by atoms with Crippen molar-refractivity contribution in [1.82, 2.24) is 4.72 Å². The van der Waals surface area contributed by atoms with Gasteiger partial charge >= 0.3 is 0 Å². The topological polar surface area (TPSA) is 117 Å². The number of oxime groups is 1. The number of halogens is 1. The SMILES string of the molecule is CCNS(=O)(=O)Nc1cc(/C(N)=N/O)ccc1Cl. The molecule has 0 aliphatic carbocycles. The maximum absolute atomic E-state index is 11.5. The molecule has 7 nitrogen and oxygen atoms in total. The van der Waals surface area contributed by atoms with E-state index in [0.29, 0.717) is 5.56 Å². The molecule has 0 radical (unpaired) electrons. The molecule has 0 aromatic heterocycles. The number of nitrogens with zero attached hydrogens (tertiary/aromatic N) is 1. The first-order chi connectivity index (χ1) is 8.39. The molecule has 0 heterocycles. The van der Waals surface area contributed by atoms with Crippen LogP contribution in [-0.2, 0) is 10.2 Å². The molecular weight excluding hydrogens is 280 g/mol. The fourth-order valence-corrected chi connectivity index (χ4v) is 2.32. The highest BCUT2D eigenvalue weighted by molar-refractivity contribution is 7.90. The number of benzene rings is 1. The van der Waals surface area contributed by atoms with Crippen LogP contribution in [0.4, 0.5) is 5.69 Å². The van der Waals surface area contributed by atoms with Gasteiger partial charge in [-0.25, -0.2) is 0 Å². The van der Waals surface area contributed by atoms with Gasteiger partial charge in [-0.1, -0.05) is 23.7 Å². The van der Waals surface area contributed by atoms with Gasteiger partial charge in [-0.2, -0.15) is 13.1 Å². The molecule has 0 saturated carbocycles. The van der Waals surface area contributed by atoms with Crippen LogP contribution in [0.3, 0.4) is 0 Å². The Labute approximate surface area is 110 Å². The number of anilines is 1. The van der Waals surface area contributed by atoms with Crippen molar-refractivity contribution in [3.05, 3.63) is 28.8 Å². The van der Waals surface area contributed by atoms with Gasteiger partial charge in [-0.15, -0.1) is 0 Å². The highest BCUT2D eigenvalue weighted by atomic mass is 35.5. The standard InChI is InChI=1S/C9H13ClN4O3S/c1-2-12-18(16,17)14-8-5-6(9(11)13-15)3-4-7(8)10/h3-5,12,14-15H,2H2,1H3,(H2,11,13). The lowest BCUT2D eigenvalue weighted by atomic mass is 10.2. The highest BCUT2D eigenvalue weighted by Gasteiger charge is 2.12. The van der Waals surface area contributed by atoms with Gasteiger partial charge in [0.1, 0.15) is 0 Å². The summed E-state index contributed by atoms with van der Waals surface area (Å²) in [7, 11) is -3.68. The molecule has 0 aliphatic heterocycles. The summed E-state index contributed by atoms with van der Waals surface area (Å²) in [4.78, 5) is 0. The van der Waals surface area contributed by atoms with Gasteiger partial charge in [0.2, 0.25) is 0 Å². The van der Waals surface area contributed by atoms with Crippen LogP contribution in [-0.4, -0.2) is 26.0 Å². The molecule has 1 aromatic carbocycles. The number of nitrogens with two attached hydrogens (primary N) is 1. The highest BCUT2D eigenvalue weighted by Crippen LogP contribution is 2.23. The molecule has 5 N–H and O–H groups in total. The van der Waals surface area contributed by atoms with Gasteiger partial charge in [-0.3, -0.25) is 4.72 Å². The molecular formula is C9H13ClN4O3S. The molecule has 0 atom stereocenters. The number of nitrogens with one attached hydrogen (secondary N) is 2. The zero-order chi connectivity index (χ0) is 13.8. The van der Waals surface area contributed by atoms with E-state index in [0.717, 1.165) is 0 Å². The quantitative estimate of drug-likeness (QED) is 0.276. The van der Waals surface area contributed by atoms with E-state index >= 15 is 0 Å². The fraction of sp³-hybridized carbons (Fsp3) is 0.222. The van der Waals surface area contributed by atoms with E-state index in [2.05, 4.69) is 14.6 Å². The third-order valence-corrected chi connectivity index (χ3v) is 3.44. The summed E-state index contributed by atoms with van der Waals surface area (Å²) in [6, 6.07) is 4.31. The Hall–Kier alpha value is -1.51. The number of amidine groups is 1. The molecule has 0 bridgehead atoms. The van der Waals surface area contributed by atoms with Crippen molar-refractivity contribution in [3.8, 4) is 0 Å². The average molecular weight is 293 g/mol. The first kappa shape index (κ1) is 14.6. The van der Waals surface area contributed by atoms with Crippen molar-refractivity contribution in [2.24, 2.45) is 10.9 Å². The Morgan fingerprint density at radius 3 is 2.78 bits per heavy atom. The van der Waals surface area contributed by atoms with Crippen LogP contribution < -0.4 is 15.2 Å². The summed E-state index contributed by atoms with van der Waals surface area (Å²) in [6.07, 6.45) is 0. The predicted molar refractivity (Wildman–Crippen MR) is 70.2 cm³/mol. The normalized spacial score (nSPS) is 12.4. The van der Waals surface area contributed by atoms with Gasteiger partial charge in [0.05, 0.1) is 10.7 Å². The van der Waals surface area contributed by atoms with E-state index in [1.54, 1.807) is 6.92 Å². The molecule has 9 heteroatoms. The molecule has 1 aromatic rings. The van der Waals surface area contributed by atoms with E-state index < -0.39 is 10.2 Å². The second kappa shape index (κ2) is 5.89. The molecule has 0 spiro atoms. The fourth-order valence-electron chi connectivity index (χ4n) is 1.19. The lowest BCUT2D eigenvalue weighted by molar-refractivity contribution is 0.318. The van der Waals surface area contributed by atoms with E-state index in [4.69, 9.17) is 22.5 Å². The minimum atomic E-state index is -3.68. The van der Waals surface area contributed by atoms with Crippen LogP contribution in [0.2, 0.25) is 5.02 Å². The molecule has 0 fully saturated rings. The van der Waals surface area contributed by atoms with Gasteiger partial charge in [0.25, 0.3) is 10.2 Å². The number of hydrogen-bond acceptors (Lipinski definition) is 4. The maximum atomic E-state index is 11.5. The zero-order valence-electron chi connectivity index (χ0n) is 9.51. The Morgan fingerprint density at radius 2 is 2.22 bits per heavy atom. The minimum Gasteiger partial charge on any atom is -0.409 e. The monoisotopic (exact) mass is 292 g/mol. The van der Waals surface area contributed by atoms with E-state index in [9.17, 15) is 8.42 Å². The third-order valence-electron chi connectivity index (χ3n) is 1.95. The summed E-state index contributed by atoms with van der Waals surface area (Å²) in [5.74, 6) is -0.143. The lowest BCUT2D eigenvalue weighted by Gasteiger charge is -2.10. The Bertz CT molecular complexity index is 559. The summed E-state index contributed by atoms with van der Waals surface area (Å²) in [5, 5.41) is 11.6. The summed E-state index contributed by atoms with van der Waals surface area (Å²) < 4.78 is 27.5. The smallest absolute Gasteiger partial charge is 0.299 e. The van der Waals surface area contributed by atoms with Crippen molar-refractivity contribution < 1.29 is 13.6 Å². The van der Waals surface area contributed by atoms with Crippen LogP contribution in [0.25, 0.3) is 0 Å². The molecule has 1 rings (SSSR count). The summed E-state index contributed by atoms with van der Waals surface area (Å²) >= 11 is 5.85. The van der Waals surface area contributed by atoms with Crippen molar-refractivity contribution in [2.45, 2.75) is 6.92 Å². The van der Waals surface area contributed by atoms with Crippen molar-refractivity contribution in [2.75, 3.05) is 11.3 Å². The summed E-state index contributed by atoms with van der Waals surface area (Å²) in [5.41, 5.74) is 5.88. The van der Waals surface area contributed by atoms with Crippen LogP contribution in [0.1, 0.15) is 12.5 Å². The van der Waals surface area contributed by atoms with Crippen molar-refractivity contribution in [1.29, 1.82) is 0 Å². The molecule has 0 aliphatic rings. The molecule has 0 amide bonds. The minimum absolute atomic E-state index is 0.140. The molecule has 100 valence electrons. The number of hydrogen-bond donors (Lipinski definition) is 4. The zero-order valence-corrected chi connectivity index (χ0v) is 11.1. The van der Waals surface area contributed by atoms with E-state index in [1.807, 2.05) is 0 Å². The first-order valence-corrected chi connectivity index (χ1v) is 6.80. The number of rotatable bonds is 5. The van der Waals surface area contributed by atoms with Gasteiger partial charge in [0, 0.05) is 12.1 Å². The van der Waals surface area contributed by atoms with E-state index in [1.165, 1.54) is 18.2 Å². The van der Waals surface area contributed by atoms with Gasteiger partial charge in [0.15, 0.2) is 5.84 Å². The van der Waals surface area contributed by atoms with Gasteiger partial charge in [-0.05, 0) is 18.2 Å². The van der Waals surface area contributed by atoms with Crippen LogP contribution in [0.5, 0.6) is 0 Å². The Kier molecular flexibility index (Phi) is 4.76. The molecule has 0 unspecified atom stereocenters. The predicted octanol–water partition coefficient (Wildman–Crippen LogP) is 0.701. The second-order valence-corrected chi connectivity index (χ2v) is 5.19. The average Bonchev–Trinajstić information content (AvgIpc) is 2.30. The second-order valence-electron chi connectivity index (χ2n) is 3.28. The van der Waals surface area contributed by atoms with Crippen LogP contribution in [0.15, 0.2) is 23.4 Å².